The maximum absolute atomic E-state index is 11.4. The van der Waals surface area contributed by atoms with E-state index >= 15 is 0 Å². The molecule has 5 heteroatoms. The third-order valence-electron chi connectivity index (χ3n) is 1.77. The number of hydrogen-bond acceptors (Lipinski definition) is 3. The molecule has 13 heavy (non-hydrogen) atoms. The predicted octanol–water partition coefficient (Wildman–Crippen LogP) is 1.38. The molecular weight excluding hydrogens is 190 g/mol. The second-order valence-corrected chi connectivity index (χ2v) is 3.94. The first-order valence-corrected chi connectivity index (χ1v) is 4.72. The van der Waals surface area contributed by atoms with Crippen LogP contribution in [0.15, 0.2) is 34.2 Å². The molecule has 0 saturated heterocycles. The number of fused-ring (bicyclic) bond motifs is 1. The zero-order chi connectivity index (χ0) is 9.42. The van der Waals surface area contributed by atoms with Crippen LogP contribution < -0.4 is 0 Å². The van der Waals surface area contributed by atoms with E-state index in [2.05, 4.69) is 0 Å². The van der Waals surface area contributed by atoms with Crippen LogP contribution in [0.1, 0.15) is 5.56 Å². The van der Waals surface area contributed by atoms with E-state index in [4.69, 9.17) is 0 Å². The molecule has 1 aliphatic rings. The van der Waals surface area contributed by atoms with Crippen LogP contribution in [0.4, 0.5) is 0 Å². The number of nitrogens with zero attached hydrogens (tertiary/aromatic N) is 1. The Hall–Kier alpha value is -1.49. The summed E-state index contributed by atoms with van der Waals surface area (Å²) in [4.78, 5) is 10.3. The summed E-state index contributed by atoms with van der Waals surface area (Å²) in [5.74, 6) is 0. The maximum atomic E-state index is 11.4. The summed E-state index contributed by atoms with van der Waals surface area (Å²) in [7, 11) is -1.60. The zero-order valence-electron chi connectivity index (χ0n) is 6.47. The van der Waals surface area contributed by atoms with Crippen molar-refractivity contribution in [3.63, 3.8) is 0 Å². The van der Waals surface area contributed by atoms with E-state index in [-0.39, 0.29) is 5.03 Å². The Morgan fingerprint density at radius 3 is 2.62 bits per heavy atom. The third kappa shape index (κ3) is 1.17. The summed E-state index contributed by atoms with van der Waals surface area (Å²) < 4.78 is 11.4. The molecule has 0 aromatic heterocycles. The lowest BCUT2D eigenvalue weighted by Gasteiger charge is -1.92. The highest BCUT2D eigenvalue weighted by molar-refractivity contribution is 7.89. The van der Waals surface area contributed by atoms with Gasteiger partial charge in [0.05, 0.1) is 9.82 Å². The van der Waals surface area contributed by atoms with Gasteiger partial charge in [-0.3, -0.25) is 10.1 Å². The van der Waals surface area contributed by atoms with E-state index < -0.39 is 15.7 Å². The standard InChI is InChI=1S/C8H5NO3S/c10-9(11)8-5-6-3-1-2-4-7(6)13(8)12/h1-5H. The van der Waals surface area contributed by atoms with E-state index in [1.165, 1.54) is 6.08 Å². The number of rotatable bonds is 1. The van der Waals surface area contributed by atoms with Gasteiger partial charge in [-0.05, 0) is 11.6 Å². The summed E-state index contributed by atoms with van der Waals surface area (Å²) >= 11 is 0. The third-order valence-corrected chi connectivity index (χ3v) is 3.19. The lowest BCUT2D eigenvalue weighted by molar-refractivity contribution is -0.409. The molecule has 66 valence electrons. The second kappa shape index (κ2) is 2.77. The molecule has 0 radical (unpaired) electrons. The van der Waals surface area contributed by atoms with Crippen LogP contribution in [-0.2, 0) is 10.8 Å². The molecular formula is C8H5NO3S. The lowest BCUT2D eigenvalue weighted by atomic mass is 10.2. The van der Waals surface area contributed by atoms with Crippen LogP contribution in [0.25, 0.3) is 6.08 Å². The van der Waals surface area contributed by atoms with Crippen LogP contribution in [0.2, 0.25) is 0 Å². The van der Waals surface area contributed by atoms with Crippen molar-refractivity contribution < 1.29 is 9.13 Å². The summed E-state index contributed by atoms with van der Waals surface area (Å²) in [5.41, 5.74) is 0.674. The first-order valence-electron chi connectivity index (χ1n) is 3.57. The fraction of sp³-hybridized carbons (Fsp3) is 0. The molecule has 0 spiro atoms. The molecule has 0 N–H and O–H groups in total. The molecule has 1 aromatic carbocycles. The van der Waals surface area contributed by atoms with Gasteiger partial charge in [-0.2, -0.15) is 0 Å². The van der Waals surface area contributed by atoms with Gasteiger partial charge in [-0.15, -0.1) is 0 Å². The van der Waals surface area contributed by atoms with Crippen LogP contribution in [0, 0.1) is 10.1 Å². The van der Waals surface area contributed by atoms with Crippen molar-refractivity contribution in [3.8, 4) is 0 Å². The zero-order valence-corrected chi connectivity index (χ0v) is 7.28. The van der Waals surface area contributed by atoms with E-state index in [1.807, 2.05) is 0 Å². The van der Waals surface area contributed by atoms with E-state index in [9.17, 15) is 14.3 Å². The molecule has 0 saturated carbocycles. The molecule has 2 rings (SSSR count). The highest BCUT2D eigenvalue weighted by Gasteiger charge is 2.29. The molecule has 0 aliphatic carbocycles. The second-order valence-electron chi connectivity index (χ2n) is 2.55. The lowest BCUT2D eigenvalue weighted by Crippen LogP contribution is -2.01. The van der Waals surface area contributed by atoms with Gasteiger partial charge < -0.3 is 0 Å². The van der Waals surface area contributed by atoms with Crippen molar-refractivity contribution >= 4 is 16.9 Å². The van der Waals surface area contributed by atoms with Gasteiger partial charge in [0.15, 0.2) is 10.8 Å². The fourth-order valence-electron chi connectivity index (χ4n) is 1.19. The summed E-state index contributed by atoms with van der Waals surface area (Å²) in [6.45, 7) is 0. The van der Waals surface area contributed by atoms with Crippen LogP contribution in [0.5, 0.6) is 0 Å². The quantitative estimate of drug-likeness (QED) is 0.502. The molecule has 1 unspecified atom stereocenters. The van der Waals surface area contributed by atoms with Gasteiger partial charge >= 0.3 is 5.03 Å². The minimum absolute atomic E-state index is 0.235. The summed E-state index contributed by atoms with van der Waals surface area (Å²) in [5, 5.41) is 10.2. The molecule has 1 aromatic rings. The maximum Gasteiger partial charge on any atom is 0.338 e. The molecule has 0 fully saturated rings. The van der Waals surface area contributed by atoms with Gasteiger partial charge in [0, 0.05) is 6.08 Å². The molecule has 1 heterocycles. The van der Waals surface area contributed by atoms with Gasteiger partial charge in [0.1, 0.15) is 0 Å². The van der Waals surface area contributed by atoms with Crippen LogP contribution in [0.3, 0.4) is 0 Å². The van der Waals surface area contributed by atoms with Crippen molar-refractivity contribution in [2.75, 3.05) is 0 Å². The molecule has 1 atom stereocenters. The largest absolute Gasteiger partial charge is 0.338 e. The Morgan fingerprint density at radius 1 is 1.31 bits per heavy atom. The molecule has 1 aliphatic heterocycles. The number of hydrogen-bond donors (Lipinski definition) is 0. The molecule has 0 bridgehead atoms. The van der Waals surface area contributed by atoms with Crippen molar-refractivity contribution in [3.05, 3.63) is 45.0 Å². The topological polar surface area (TPSA) is 60.2 Å². The fourth-order valence-corrected chi connectivity index (χ4v) is 2.33. The van der Waals surface area contributed by atoms with Crippen molar-refractivity contribution in [1.82, 2.24) is 0 Å². The normalized spacial score (nSPS) is 19.4. The van der Waals surface area contributed by atoms with Crippen molar-refractivity contribution in [2.45, 2.75) is 4.90 Å². The monoisotopic (exact) mass is 195 g/mol. The van der Waals surface area contributed by atoms with Gasteiger partial charge in [0.2, 0.25) is 0 Å². The molecule has 0 amide bonds. The first kappa shape index (κ1) is 8.12. The SMILES string of the molecule is O=[N+]([O-])C1=Cc2ccccc2S1=O. The Labute approximate surface area is 76.5 Å². The van der Waals surface area contributed by atoms with E-state index in [1.54, 1.807) is 24.3 Å². The Morgan fingerprint density at radius 2 is 2.00 bits per heavy atom. The van der Waals surface area contributed by atoms with Crippen LogP contribution >= 0.6 is 0 Å². The van der Waals surface area contributed by atoms with Crippen LogP contribution in [-0.4, -0.2) is 9.13 Å². The predicted molar refractivity (Wildman–Crippen MR) is 47.8 cm³/mol. The smallest absolute Gasteiger partial charge is 0.258 e. The Kier molecular flexibility index (Phi) is 1.73. The number of nitro groups is 1. The minimum Gasteiger partial charge on any atom is -0.258 e. The molecule has 4 nitrogen and oxygen atoms in total. The van der Waals surface area contributed by atoms with Gasteiger partial charge in [0.25, 0.3) is 0 Å². The highest BCUT2D eigenvalue weighted by Crippen LogP contribution is 2.28. The minimum atomic E-state index is -1.60. The van der Waals surface area contributed by atoms with E-state index in [0.29, 0.717) is 10.5 Å². The number of benzene rings is 1. The summed E-state index contributed by atoms with van der Waals surface area (Å²) in [6.07, 6.45) is 1.35. The first-order chi connectivity index (χ1) is 6.20. The van der Waals surface area contributed by atoms with Crippen molar-refractivity contribution in [2.24, 2.45) is 0 Å². The highest BCUT2D eigenvalue weighted by atomic mass is 32.2. The van der Waals surface area contributed by atoms with Gasteiger partial charge in [-0.25, -0.2) is 4.21 Å². The Bertz CT molecular complexity index is 439. The summed E-state index contributed by atoms with van der Waals surface area (Å²) in [6, 6.07) is 6.82. The van der Waals surface area contributed by atoms with E-state index in [0.717, 1.165) is 0 Å². The van der Waals surface area contributed by atoms with Crippen molar-refractivity contribution in [1.29, 1.82) is 0 Å². The van der Waals surface area contributed by atoms with Gasteiger partial charge in [-0.1, -0.05) is 18.2 Å². The average molecular weight is 195 g/mol. The Balaban J connectivity index is 2.57. The average Bonchev–Trinajstić information content (AvgIpc) is 2.45.